The third-order valence-corrected chi connectivity index (χ3v) is 4.41. The van der Waals surface area contributed by atoms with Crippen LogP contribution in [0.2, 0.25) is 0 Å². The number of halogens is 3. The fourth-order valence-electron chi connectivity index (χ4n) is 3.24. The Morgan fingerprint density at radius 2 is 1.81 bits per heavy atom. The molecule has 0 aliphatic carbocycles. The van der Waals surface area contributed by atoms with Gasteiger partial charge in [-0.2, -0.15) is 13.2 Å². The second-order valence-electron chi connectivity index (χ2n) is 6.70. The van der Waals surface area contributed by atoms with Crippen molar-refractivity contribution in [1.82, 2.24) is 10.2 Å². The van der Waals surface area contributed by atoms with Crippen LogP contribution in [0.5, 0.6) is 11.5 Å². The summed E-state index contributed by atoms with van der Waals surface area (Å²) in [4.78, 5) is 1.49. The molecule has 3 rings (SSSR count). The first kappa shape index (κ1) is 18.7. The summed E-state index contributed by atoms with van der Waals surface area (Å²) in [7, 11) is 0. The summed E-state index contributed by atoms with van der Waals surface area (Å²) in [6, 6.07) is 17.4. The molecule has 0 aromatic heterocycles. The third kappa shape index (κ3) is 6.04. The number of nitrogens with zero attached hydrogens (tertiary/aromatic N) is 1. The molecule has 26 heavy (non-hydrogen) atoms. The van der Waals surface area contributed by atoms with E-state index in [-0.39, 0.29) is 5.92 Å². The number of alkyl halides is 3. The molecular weight excluding hydrogens is 341 g/mol. The van der Waals surface area contributed by atoms with E-state index in [4.69, 9.17) is 4.74 Å². The second kappa shape index (κ2) is 8.56. The van der Waals surface area contributed by atoms with E-state index >= 15 is 0 Å². The zero-order valence-corrected chi connectivity index (χ0v) is 14.5. The highest BCUT2D eigenvalue weighted by Gasteiger charge is 2.34. The summed E-state index contributed by atoms with van der Waals surface area (Å²) < 4.78 is 43.1. The van der Waals surface area contributed by atoms with Crippen LogP contribution in [0.1, 0.15) is 12.0 Å². The van der Waals surface area contributed by atoms with E-state index in [1.54, 1.807) is 0 Å². The molecule has 1 heterocycles. The van der Waals surface area contributed by atoms with E-state index in [0.717, 1.165) is 30.0 Å². The Bertz CT molecular complexity index is 691. The van der Waals surface area contributed by atoms with Crippen molar-refractivity contribution >= 4 is 0 Å². The van der Waals surface area contributed by atoms with Crippen LogP contribution in [-0.2, 0) is 6.54 Å². The molecule has 0 saturated carbocycles. The van der Waals surface area contributed by atoms with Gasteiger partial charge in [0, 0.05) is 13.1 Å². The van der Waals surface area contributed by atoms with Gasteiger partial charge in [0.25, 0.3) is 0 Å². The first-order chi connectivity index (χ1) is 12.5. The molecule has 1 aliphatic rings. The molecule has 0 bridgehead atoms. The van der Waals surface area contributed by atoms with Gasteiger partial charge in [-0.3, -0.25) is 4.90 Å². The minimum absolute atomic E-state index is 0.265. The Hall–Kier alpha value is -2.05. The minimum atomic E-state index is -4.11. The number of hydrogen-bond donors (Lipinski definition) is 1. The van der Waals surface area contributed by atoms with Crippen molar-refractivity contribution in [3.05, 3.63) is 60.2 Å². The van der Waals surface area contributed by atoms with Gasteiger partial charge in [-0.1, -0.05) is 30.3 Å². The van der Waals surface area contributed by atoms with E-state index in [0.29, 0.717) is 19.6 Å². The van der Waals surface area contributed by atoms with Crippen LogP contribution in [0.3, 0.4) is 0 Å². The number of para-hydroxylation sites is 1. The molecule has 140 valence electrons. The van der Waals surface area contributed by atoms with E-state index in [1.807, 2.05) is 54.6 Å². The zero-order chi connectivity index (χ0) is 18.4. The molecule has 1 saturated heterocycles. The quantitative estimate of drug-likeness (QED) is 0.785. The first-order valence-corrected chi connectivity index (χ1v) is 8.79. The van der Waals surface area contributed by atoms with Crippen molar-refractivity contribution < 1.29 is 17.9 Å². The highest BCUT2D eigenvalue weighted by molar-refractivity contribution is 5.33. The smallest absolute Gasteiger partial charge is 0.401 e. The van der Waals surface area contributed by atoms with Crippen molar-refractivity contribution in [2.45, 2.75) is 19.1 Å². The van der Waals surface area contributed by atoms with Crippen molar-refractivity contribution in [1.29, 1.82) is 0 Å². The zero-order valence-electron chi connectivity index (χ0n) is 14.5. The maximum atomic E-state index is 12.4. The van der Waals surface area contributed by atoms with Crippen molar-refractivity contribution in [3.63, 3.8) is 0 Å². The van der Waals surface area contributed by atoms with Gasteiger partial charge in [-0.05, 0) is 55.3 Å². The molecule has 0 amide bonds. The van der Waals surface area contributed by atoms with Crippen LogP contribution in [0.25, 0.3) is 0 Å². The number of benzene rings is 2. The van der Waals surface area contributed by atoms with Crippen LogP contribution in [0.15, 0.2) is 54.6 Å². The van der Waals surface area contributed by atoms with Gasteiger partial charge in [-0.25, -0.2) is 0 Å². The molecule has 1 N–H and O–H groups in total. The van der Waals surface area contributed by atoms with Gasteiger partial charge in [0.2, 0.25) is 0 Å². The molecule has 1 aliphatic heterocycles. The topological polar surface area (TPSA) is 24.5 Å². The number of nitrogens with one attached hydrogen (secondary N) is 1. The summed E-state index contributed by atoms with van der Waals surface area (Å²) >= 11 is 0. The number of rotatable bonds is 7. The van der Waals surface area contributed by atoms with Gasteiger partial charge in [0.15, 0.2) is 0 Å². The fourth-order valence-corrected chi connectivity index (χ4v) is 3.24. The standard InChI is InChI=1S/C20H23F3N2O/c21-20(22,23)15-25-10-9-17(14-25)13-24-12-16-5-4-8-19(11-16)26-18-6-2-1-3-7-18/h1-8,11,17,24H,9-10,12-15H2. The second-order valence-corrected chi connectivity index (χ2v) is 6.70. The molecule has 1 fully saturated rings. The third-order valence-electron chi connectivity index (χ3n) is 4.41. The molecule has 1 atom stereocenters. The predicted octanol–water partition coefficient (Wildman–Crippen LogP) is 4.45. The van der Waals surface area contributed by atoms with Gasteiger partial charge in [-0.15, -0.1) is 0 Å². The van der Waals surface area contributed by atoms with Gasteiger partial charge >= 0.3 is 6.18 Å². The maximum Gasteiger partial charge on any atom is 0.401 e. The first-order valence-electron chi connectivity index (χ1n) is 8.79. The summed E-state index contributed by atoms with van der Waals surface area (Å²) in [5.74, 6) is 1.82. The Labute approximate surface area is 151 Å². The summed E-state index contributed by atoms with van der Waals surface area (Å²) in [6.07, 6.45) is -3.30. The lowest BCUT2D eigenvalue weighted by molar-refractivity contribution is -0.143. The summed E-state index contributed by atoms with van der Waals surface area (Å²) in [6.45, 7) is 1.61. The monoisotopic (exact) mass is 364 g/mol. The molecular formula is C20H23F3N2O. The number of likely N-dealkylation sites (tertiary alicyclic amines) is 1. The number of ether oxygens (including phenoxy) is 1. The highest BCUT2D eigenvalue weighted by atomic mass is 19.4. The van der Waals surface area contributed by atoms with Gasteiger partial charge < -0.3 is 10.1 Å². The Balaban J connectivity index is 1.43. The molecule has 1 unspecified atom stereocenters. The molecule has 6 heteroatoms. The van der Waals surface area contributed by atoms with E-state index in [9.17, 15) is 13.2 Å². The fraction of sp³-hybridized carbons (Fsp3) is 0.400. The SMILES string of the molecule is FC(F)(F)CN1CCC(CNCc2cccc(Oc3ccccc3)c2)C1. The van der Waals surface area contributed by atoms with Crippen molar-refractivity contribution in [2.24, 2.45) is 5.92 Å². The van der Waals surface area contributed by atoms with Gasteiger partial charge in [0.05, 0.1) is 6.54 Å². The van der Waals surface area contributed by atoms with Crippen LogP contribution in [0.4, 0.5) is 13.2 Å². The normalized spacial score (nSPS) is 18.2. The Morgan fingerprint density at radius 3 is 2.58 bits per heavy atom. The van der Waals surface area contributed by atoms with Gasteiger partial charge in [0.1, 0.15) is 11.5 Å². The predicted molar refractivity (Wildman–Crippen MR) is 95.3 cm³/mol. The molecule has 0 radical (unpaired) electrons. The molecule has 3 nitrogen and oxygen atoms in total. The number of hydrogen-bond acceptors (Lipinski definition) is 3. The lowest BCUT2D eigenvalue weighted by Gasteiger charge is -2.18. The Morgan fingerprint density at radius 1 is 1.04 bits per heavy atom. The Kier molecular flexibility index (Phi) is 6.16. The van der Waals surface area contributed by atoms with E-state index in [2.05, 4.69) is 5.32 Å². The lowest BCUT2D eigenvalue weighted by Crippen LogP contribution is -2.33. The maximum absolute atomic E-state index is 12.4. The lowest BCUT2D eigenvalue weighted by atomic mass is 10.1. The van der Waals surface area contributed by atoms with E-state index < -0.39 is 12.7 Å². The highest BCUT2D eigenvalue weighted by Crippen LogP contribution is 2.23. The van der Waals surface area contributed by atoms with Crippen molar-refractivity contribution in [3.8, 4) is 11.5 Å². The molecule has 2 aromatic rings. The summed E-state index contributed by atoms with van der Waals surface area (Å²) in [5, 5.41) is 3.35. The van der Waals surface area contributed by atoms with Crippen LogP contribution >= 0.6 is 0 Å². The average Bonchev–Trinajstić information content (AvgIpc) is 3.01. The molecule has 2 aromatic carbocycles. The minimum Gasteiger partial charge on any atom is -0.457 e. The van der Waals surface area contributed by atoms with Crippen LogP contribution in [0, 0.1) is 5.92 Å². The average molecular weight is 364 g/mol. The van der Waals surface area contributed by atoms with E-state index in [1.165, 1.54) is 4.90 Å². The molecule has 0 spiro atoms. The largest absolute Gasteiger partial charge is 0.457 e. The summed E-state index contributed by atoms with van der Waals surface area (Å²) in [5.41, 5.74) is 1.09. The van der Waals surface area contributed by atoms with Crippen LogP contribution in [-0.4, -0.2) is 37.3 Å². The van der Waals surface area contributed by atoms with Crippen molar-refractivity contribution in [2.75, 3.05) is 26.2 Å². The van der Waals surface area contributed by atoms with Crippen LogP contribution < -0.4 is 10.1 Å².